The summed E-state index contributed by atoms with van der Waals surface area (Å²) < 4.78 is 20.2. The molecular formula is C32H30N2O5S. The molecule has 0 aliphatic carbocycles. The Kier molecular flexibility index (Phi) is 6.38. The van der Waals surface area contributed by atoms with Gasteiger partial charge >= 0.3 is 0 Å². The van der Waals surface area contributed by atoms with Gasteiger partial charge < -0.3 is 14.2 Å². The van der Waals surface area contributed by atoms with Crippen molar-refractivity contribution in [2.75, 3.05) is 7.11 Å². The van der Waals surface area contributed by atoms with Crippen molar-refractivity contribution in [3.8, 4) is 17.2 Å². The van der Waals surface area contributed by atoms with Crippen molar-refractivity contribution in [2.24, 2.45) is 10.9 Å². The second-order valence-electron chi connectivity index (χ2n) is 10.5. The number of ketones is 1. The quantitative estimate of drug-likeness (QED) is 0.351. The van der Waals surface area contributed by atoms with Crippen LogP contribution in [0.25, 0.3) is 6.08 Å². The Hall–Kier alpha value is -4.17. The van der Waals surface area contributed by atoms with Gasteiger partial charge in [-0.1, -0.05) is 47.7 Å². The Morgan fingerprint density at radius 1 is 1.12 bits per heavy atom. The average Bonchev–Trinajstić information content (AvgIpc) is 3.22. The maximum atomic E-state index is 13.9. The number of carbonyl (C=O) groups excluding carboxylic acids is 1. The molecule has 1 aromatic heterocycles. The van der Waals surface area contributed by atoms with Gasteiger partial charge in [-0.25, -0.2) is 4.99 Å². The number of hydrogen-bond acceptors (Lipinski definition) is 7. The maximum absolute atomic E-state index is 13.9. The molecule has 0 N–H and O–H groups in total. The molecule has 0 saturated heterocycles. The number of carbonyl (C=O) groups is 1. The van der Waals surface area contributed by atoms with Crippen LogP contribution in [0.1, 0.15) is 47.7 Å². The van der Waals surface area contributed by atoms with Crippen molar-refractivity contribution >= 4 is 23.2 Å². The van der Waals surface area contributed by atoms with Gasteiger partial charge in [0.15, 0.2) is 4.80 Å². The Bertz CT molecular complexity index is 1840. The summed E-state index contributed by atoms with van der Waals surface area (Å²) >= 11 is 1.30. The first-order valence-electron chi connectivity index (χ1n) is 13.2. The van der Waals surface area contributed by atoms with Crippen LogP contribution >= 0.6 is 11.3 Å². The van der Waals surface area contributed by atoms with Crippen molar-refractivity contribution in [3.63, 3.8) is 0 Å². The summed E-state index contributed by atoms with van der Waals surface area (Å²) in [6.07, 6.45) is 1.86. The van der Waals surface area contributed by atoms with E-state index in [0.717, 1.165) is 33.6 Å². The highest BCUT2D eigenvalue weighted by molar-refractivity contribution is 7.07. The van der Waals surface area contributed by atoms with Crippen molar-refractivity contribution in [1.82, 2.24) is 4.57 Å². The smallest absolute Gasteiger partial charge is 0.270 e. The lowest BCUT2D eigenvalue weighted by atomic mass is 9.79. The first-order chi connectivity index (χ1) is 19.2. The molecular weight excluding hydrogens is 524 g/mol. The van der Waals surface area contributed by atoms with Gasteiger partial charge in [0.1, 0.15) is 35.6 Å². The zero-order valence-corrected chi connectivity index (χ0v) is 23.9. The van der Waals surface area contributed by atoms with Gasteiger partial charge in [-0.2, -0.15) is 0 Å². The summed E-state index contributed by atoms with van der Waals surface area (Å²) in [5.41, 5.74) is 3.52. The van der Waals surface area contributed by atoms with Gasteiger partial charge in [0.25, 0.3) is 5.56 Å². The predicted molar refractivity (Wildman–Crippen MR) is 154 cm³/mol. The molecule has 2 aliphatic heterocycles. The Morgan fingerprint density at radius 3 is 2.70 bits per heavy atom. The number of benzene rings is 3. The fourth-order valence-corrected chi connectivity index (χ4v) is 6.84. The third-order valence-corrected chi connectivity index (χ3v) is 8.84. The number of Topliss-reactive ketones (excluding diaryl/α,β-unsaturated/α-hetero) is 1. The fourth-order valence-electron chi connectivity index (χ4n) is 5.74. The Morgan fingerprint density at radius 2 is 1.93 bits per heavy atom. The minimum absolute atomic E-state index is 0.0660. The van der Waals surface area contributed by atoms with Crippen LogP contribution in [-0.2, 0) is 11.4 Å². The Balaban J connectivity index is 1.43. The molecule has 204 valence electrons. The summed E-state index contributed by atoms with van der Waals surface area (Å²) in [5, 5.41) is 0. The number of nitrogens with zero attached hydrogens (tertiary/aromatic N) is 2. The highest BCUT2D eigenvalue weighted by Gasteiger charge is 2.53. The molecule has 0 amide bonds. The monoisotopic (exact) mass is 554 g/mol. The predicted octanol–water partition coefficient (Wildman–Crippen LogP) is 4.48. The molecule has 40 heavy (non-hydrogen) atoms. The molecule has 8 heteroatoms. The molecule has 4 aromatic rings. The van der Waals surface area contributed by atoms with E-state index in [1.54, 1.807) is 11.7 Å². The normalized spacial score (nSPS) is 21.1. The SMILES string of the molecule is COc1ccc(C=c2sc3n(c2=O)C2c4ccccc4OC(C)(N=3)C2C(C)=O)cc1COc1cccc(C)c1C. The zero-order chi connectivity index (χ0) is 28.2. The number of fused-ring (bicyclic) bond motifs is 6. The lowest BCUT2D eigenvalue weighted by Crippen LogP contribution is -2.58. The number of aromatic nitrogens is 1. The van der Waals surface area contributed by atoms with Gasteiger partial charge in [0.2, 0.25) is 5.72 Å². The van der Waals surface area contributed by atoms with E-state index < -0.39 is 17.7 Å². The van der Waals surface area contributed by atoms with Gasteiger partial charge in [0, 0.05) is 11.1 Å². The first kappa shape index (κ1) is 26.1. The second-order valence-corrected chi connectivity index (χ2v) is 11.5. The van der Waals surface area contributed by atoms with E-state index >= 15 is 0 Å². The van der Waals surface area contributed by atoms with E-state index in [0.29, 0.717) is 27.4 Å². The number of hydrogen-bond donors (Lipinski definition) is 0. The first-order valence-corrected chi connectivity index (χ1v) is 14.0. The van der Waals surface area contributed by atoms with Gasteiger partial charge in [0.05, 0.1) is 17.7 Å². The highest BCUT2D eigenvalue weighted by Crippen LogP contribution is 2.47. The number of para-hydroxylation sites is 1. The second kappa shape index (κ2) is 9.78. The summed E-state index contributed by atoms with van der Waals surface area (Å²) in [5.74, 6) is 1.51. The minimum Gasteiger partial charge on any atom is -0.496 e. The van der Waals surface area contributed by atoms with Crippen molar-refractivity contribution in [1.29, 1.82) is 0 Å². The van der Waals surface area contributed by atoms with Crippen LogP contribution in [0.5, 0.6) is 17.2 Å². The highest BCUT2D eigenvalue weighted by atomic mass is 32.1. The average molecular weight is 555 g/mol. The zero-order valence-electron chi connectivity index (χ0n) is 23.1. The van der Waals surface area contributed by atoms with Crippen LogP contribution in [0.2, 0.25) is 0 Å². The minimum atomic E-state index is -1.09. The molecule has 0 spiro atoms. The molecule has 2 bridgehead atoms. The largest absolute Gasteiger partial charge is 0.496 e. The standard InChI is InChI=1S/C32H30N2O5S/c1-18-9-8-12-24(19(18)2)38-17-22-15-21(13-14-25(22)37-5)16-27-30(36)34-29-23-10-6-7-11-26(23)39-32(4,28(29)20(3)35)33-31(34)40-27/h6-16,28-29H,17H2,1-5H3. The van der Waals surface area contributed by atoms with Crippen LogP contribution in [0.3, 0.4) is 0 Å². The molecule has 0 saturated carbocycles. The van der Waals surface area contributed by atoms with E-state index in [1.807, 2.05) is 74.5 Å². The number of methoxy groups -OCH3 is 1. The van der Waals surface area contributed by atoms with Crippen LogP contribution in [0.4, 0.5) is 0 Å². The fraction of sp³-hybridized carbons (Fsp3) is 0.281. The topological polar surface area (TPSA) is 79.1 Å². The van der Waals surface area contributed by atoms with Gasteiger partial charge in [-0.3, -0.25) is 14.2 Å². The van der Waals surface area contributed by atoms with Crippen molar-refractivity contribution in [2.45, 2.75) is 46.1 Å². The molecule has 0 radical (unpaired) electrons. The van der Waals surface area contributed by atoms with E-state index in [2.05, 4.69) is 13.0 Å². The molecule has 3 heterocycles. The number of aryl methyl sites for hydroxylation is 1. The summed E-state index contributed by atoms with van der Waals surface area (Å²) in [6.45, 7) is 7.78. The van der Waals surface area contributed by atoms with E-state index in [1.165, 1.54) is 18.3 Å². The van der Waals surface area contributed by atoms with E-state index in [4.69, 9.17) is 19.2 Å². The van der Waals surface area contributed by atoms with Crippen LogP contribution in [0, 0.1) is 19.8 Å². The number of rotatable bonds is 6. The number of thiazole rings is 1. The molecule has 3 aromatic carbocycles. The summed E-state index contributed by atoms with van der Waals surface area (Å²) in [7, 11) is 1.63. The van der Waals surface area contributed by atoms with Crippen LogP contribution in [-0.4, -0.2) is 23.2 Å². The molecule has 7 nitrogen and oxygen atoms in total. The molecule has 3 atom stereocenters. The third-order valence-electron chi connectivity index (χ3n) is 7.86. The van der Waals surface area contributed by atoms with E-state index in [-0.39, 0.29) is 11.3 Å². The van der Waals surface area contributed by atoms with Crippen molar-refractivity contribution < 1.29 is 19.0 Å². The van der Waals surface area contributed by atoms with Gasteiger partial charge in [-0.15, -0.1) is 0 Å². The Labute approximate surface area is 236 Å². The number of ether oxygens (including phenoxy) is 3. The lowest BCUT2D eigenvalue weighted by molar-refractivity contribution is -0.132. The molecule has 0 fully saturated rings. The maximum Gasteiger partial charge on any atom is 0.270 e. The summed E-state index contributed by atoms with van der Waals surface area (Å²) in [4.78, 5) is 32.1. The van der Waals surface area contributed by atoms with Gasteiger partial charge in [-0.05, 0) is 74.7 Å². The summed E-state index contributed by atoms with van der Waals surface area (Å²) in [6, 6.07) is 18.8. The lowest BCUT2D eigenvalue weighted by Gasteiger charge is -2.45. The van der Waals surface area contributed by atoms with Crippen LogP contribution in [0.15, 0.2) is 70.5 Å². The van der Waals surface area contributed by atoms with Crippen LogP contribution < -0.4 is 29.1 Å². The molecule has 3 unspecified atom stereocenters. The van der Waals surface area contributed by atoms with E-state index in [9.17, 15) is 9.59 Å². The molecule has 2 aliphatic rings. The van der Waals surface area contributed by atoms with Crippen molar-refractivity contribution in [3.05, 3.63) is 108 Å². The third kappa shape index (κ3) is 4.23. The molecule has 6 rings (SSSR count).